The molecule has 2 aliphatic rings. The van der Waals surface area contributed by atoms with Gasteiger partial charge in [-0.25, -0.2) is 0 Å². The van der Waals surface area contributed by atoms with E-state index in [0.29, 0.717) is 5.92 Å². The van der Waals surface area contributed by atoms with E-state index in [4.69, 9.17) is 0 Å². The minimum absolute atomic E-state index is 0.0615. The summed E-state index contributed by atoms with van der Waals surface area (Å²) in [7, 11) is 0. The van der Waals surface area contributed by atoms with Crippen LogP contribution >= 0.6 is 0 Å². The van der Waals surface area contributed by atoms with E-state index >= 15 is 0 Å². The van der Waals surface area contributed by atoms with Crippen LogP contribution in [0.2, 0.25) is 0 Å². The molecule has 0 unspecified atom stereocenters. The van der Waals surface area contributed by atoms with Crippen molar-refractivity contribution in [1.82, 2.24) is 9.88 Å². The highest BCUT2D eigenvalue weighted by atomic mass is 16.2. The summed E-state index contributed by atoms with van der Waals surface area (Å²) in [5, 5.41) is 3.08. The molecule has 0 aliphatic heterocycles. The Morgan fingerprint density at radius 2 is 2.25 bits per heavy atom. The number of hydrogen-bond acceptors (Lipinski definition) is 2. The summed E-state index contributed by atoms with van der Waals surface area (Å²) in [5.41, 5.74) is -0.129. The molecule has 1 amide bonds. The molecule has 1 N–H and O–H groups in total. The fourth-order valence-electron chi connectivity index (χ4n) is 4.06. The first-order chi connectivity index (χ1) is 9.63. The standard InChI is InChI=1S/C16H22N2O2/c1-11(14-9-12-5-6-13(14)8-12)17-15(19)10-18-7-3-2-4-16(18)20/h2-4,7,11-14H,5-6,8-10H2,1H3,(H,17,19)/t11-,12+,13+,14-/m0/s1. The number of amides is 1. The van der Waals surface area contributed by atoms with Crippen molar-refractivity contribution >= 4 is 5.91 Å². The Morgan fingerprint density at radius 3 is 2.90 bits per heavy atom. The van der Waals surface area contributed by atoms with E-state index in [9.17, 15) is 9.59 Å². The third-order valence-electron chi connectivity index (χ3n) is 5.04. The lowest BCUT2D eigenvalue weighted by Gasteiger charge is -2.28. The maximum Gasteiger partial charge on any atom is 0.250 e. The summed E-state index contributed by atoms with van der Waals surface area (Å²) in [6.07, 6.45) is 6.97. The van der Waals surface area contributed by atoms with Crippen molar-refractivity contribution in [3.8, 4) is 0 Å². The quantitative estimate of drug-likeness (QED) is 0.910. The van der Waals surface area contributed by atoms with Crippen LogP contribution < -0.4 is 10.9 Å². The Morgan fingerprint density at radius 1 is 1.40 bits per heavy atom. The van der Waals surface area contributed by atoms with Crippen molar-refractivity contribution < 1.29 is 4.79 Å². The van der Waals surface area contributed by atoms with Crippen molar-refractivity contribution in [3.63, 3.8) is 0 Å². The van der Waals surface area contributed by atoms with Gasteiger partial charge < -0.3 is 9.88 Å². The van der Waals surface area contributed by atoms with Gasteiger partial charge in [-0.2, -0.15) is 0 Å². The molecule has 0 spiro atoms. The number of pyridine rings is 1. The van der Waals surface area contributed by atoms with Crippen LogP contribution in [0.1, 0.15) is 32.6 Å². The van der Waals surface area contributed by atoms with E-state index < -0.39 is 0 Å². The summed E-state index contributed by atoms with van der Waals surface area (Å²) in [6.45, 7) is 2.22. The Kier molecular flexibility index (Phi) is 3.64. The Labute approximate surface area is 119 Å². The van der Waals surface area contributed by atoms with E-state index in [0.717, 1.165) is 11.8 Å². The summed E-state index contributed by atoms with van der Waals surface area (Å²) in [6, 6.07) is 5.16. The van der Waals surface area contributed by atoms with E-state index in [1.54, 1.807) is 18.3 Å². The minimum atomic E-state index is -0.129. The third kappa shape index (κ3) is 2.65. The Bertz CT molecular complexity index is 551. The molecule has 20 heavy (non-hydrogen) atoms. The fraction of sp³-hybridized carbons (Fsp3) is 0.625. The molecule has 1 heterocycles. The number of aromatic nitrogens is 1. The molecule has 0 aromatic carbocycles. The van der Waals surface area contributed by atoms with Crippen LogP contribution in [0.3, 0.4) is 0 Å². The topological polar surface area (TPSA) is 51.1 Å². The van der Waals surface area contributed by atoms with E-state index in [1.165, 1.54) is 36.3 Å². The molecule has 2 saturated carbocycles. The highest BCUT2D eigenvalue weighted by molar-refractivity contribution is 5.76. The van der Waals surface area contributed by atoms with Crippen LogP contribution in [-0.2, 0) is 11.3 Å². The smallest absolute Gasteiger partial charge is 0.250 e. The Balaban J connectivity index is 1.56. The summed E-state index contributed by atoms with van der Waals surface area (Å²) in [5.74, 6) is 2.26. The van der Waals surface area contributed by atoms with Gasteiger partial charge in [0.2, 0.25) is 5.91 Å². The molecule has 108 valence electrons. The molecule has 1 aromatic rings. The maximum absolute atomic E-state index is 12.1. The van der Waals surface area contributed by atoms with Gasteiger partial charge in [0, 0.05) is 18.3 Å². The van der Waals surface area contributed by atoms with Crippen LogP contribution in [-0.4, -0.2) is 16.5 Å². The molecule has 4 nitrogen and oxygen atoms in total. The van der Waals surface area contributed by atoms with Crippen molar-refractivity contribution in [2.45, 2.75) is 45.2 Å². The van der Waals surface area contributed by atoms with Crippen LogP contribution in [0, 0.1) is 17.8 Å². The molecule has 1 aromatic heterocycles. The Hall–Kier alpha value is -1.58. The molecule has 3 rings (SSSR count). The van der Waals surface area contributed by atoms with Crippen LogP contribution in [0.15, 0.2) is 29.2 Å². The number of carbonyl (C=O) groups is 1. The second-order valence-electron chi connectivity index (χ2n) is 6.36. The van der Waals surface area contributed by atoms with Gasteiger partial charge in [0.15, 0.2) is 0 Å². The first-order valence-electron chi connectivity index (χ1n) is 7.58. The maximum atomic E-state index is 12.1. The number of hydrogen-bond donors (Lipinski definition) is 1. The zero-order valence-electron chi connectivity index (χ0n) is 11.9. The van der Waals surface area contributed by atoms with Gasteiger partial charge in [-0.15, -0.1) is 0 Å². The number of nitrogens with one attached hydrogen (secondary N) is 1. The average molecular weight is 274 g/mol. The largest absolute Gasteiger partial charge is 0.352 e. The van der Waals surface area contributed by atoms with Crippen molar-refractivity contribution in [2.24, 2.45) is 17.8 Å². The lowest BCUT2D eigenvalue weighted by Crippen LogP contribution is -2.42. The molecule has 0 saturated heterocycles. The van der Waals surface area contributed by atoms with Crippen LogP contribution in [0.5, 0.6) is 0 Å². The number of fused-ring (bicyclic) bond motifs is 2. The van der Waals surface area contributed by atoms with Crippen molar-refractivity contribution in [2.75, 3.05) is 0 Å². The zero-order chi connectivity index (χ0) is 14.1. The van der Waals surface area contributed by atoms with E-state index in [1.807, 2.05) is 0 Å². The average Bonchev–Trinajstić information content (AvgIpc) is 3.03. The SMILES string of the molecule is C[C@H](NC(=O)Cn1ccccc1=O)[C@@H]1C[C@@H]2CC[C@@H]1C2. The predicted octanol–water partition coefficient (Wildman–Crippen LogP) is 1.79. The normalized spacial score (nSPS) is 29.4. The molecule has 2 bridgehead atoms. The van der Waals surface area contributed by atoms with E-state index in [2.05, 4.69) is 12.2 Å². The lowest BCUT2D eigenvalue weighted by atomic mass is 9.84. The molecule has 4 heteroatoms. The van der Waals surface area contributed by atoms with Gasteiger partial charge in [0.25, 0.3) is 5.56 Å². The monoisotopic (exact) mass is 274 g/mol. The van der Waals surface area contributed by atoms with Gasteiger partial charge in [-0.3, -0.25) is 9.59 Å². The first kappa shape index (κ1) is 13.4. The summed E-state index contributed by atoms with van der Waals surface area (Å²) >= 11 is 0. The number of rotatable bonds is 4. The van der Waals surface area contributed by atoms with Gasteiger partial charge in [-0.1, -0.05) is 12.5 Å². The highest BCUT2D eigenvalue weighted by Gasteiger charge is 2.42. The highest BCUT2D eigenvalue weighted by Crippen LogP contribution is 2.49. The van der Waals surface area contributed by atoms with Gasteiger partial charge in [0.05, 0.1) is 0 Å². The minimum Gasteiger partial charge on any atom is -0.352 e. The van der Waals surface area contributed by atoms with Crippen molar-refractivity contribution in [1.29, 1.82) is 0 Å². The fourth-order valence-corrected chi connectivity index (χ4v) is 4.06. The first-order valence-corrected chi connectivity index (χ1v) is 7.58. The lowest BCUT2D eigenvalue weighted by molar-refractivity contribution is -0.122. The van der Waals surface area contributed by atoms with Gasteiger partial charge in [0.1, 0.15) is 6.54 Å². The molecular weight excluding hydrogens is 252 g/mol. The second kappa shape index (κ2) is 5.43. The summed E-state index contributed by atoms with van der Waals surface area (Å²) in [4.78, 5) is 23.7. The predicted molar refractivity (Wildman–Crippen MR) is 77.2 cm³/mol. The molecule has 0 radical (unpaired) electrons. The molecular formula is C16H22N2O2. The molecule has 2 fully saturated rings. The van der Waals surface area contributed by atoms with Gasteiger partial charge >= 0.3 is 0 Å². The third-order valence-corrected chi connectivity index (χ3v) is 5.04. The molecule has 2 aliphatic carbocycles. The van der Waals surface area contributed by atoms with Crippen LogP contribution in [0.25, 0.3) is 0 Å². The van der Waals surface area contributed by atoms with Crippen molar-refractivity contribution in [3.05, 3.63) is 34.7 Å². The van der Waals surface area contributed by atoms with Crippen LogP contribution in [0.4, 0.5) is 0 Å². The number of carbonyl (C=O) groups excluding carboxylic acids is 1. The van der Waals surface area contributed by atoms with E-state index in [-0.39, 0.29) is 24.1 Å². The van der Waals surface area contributed by atoms with Gasteiger partial charge in [-0.05, 0) is 50.0 Å². The number of nitrogens with zero attached hydrogens (tertiary/aromatic N) is 1. The molecule has 4 atom stereocenters. The second-order valence-corrected chi connectivity index (χ2v) is 6.36. The summed E-state index contributed by atoms with van der Waals surface area (Å²) < 4.78 is 1.45. The zero-order valence-corrected chi connectivity index (χ0v) is 11.9.